The fourth-order valence-corrected chi connectivity index (χ4v) is 4.87. The van der Waals surface area contributed by atoms with Crippen molar-refractivity contribution >= 4 is 16.7 Å². The van der Waals surface area contributed by atoms with Crippen LogP contribution in [0.3, 0.4) is 0 Å². The molecular formula is C24H27F3N6O2. The highest BCUT2D eigenvalue weighted by atomic mass is 19.3. The molecule has 0 amide bonds. The summed E-state index contributed by atoms with van der Waals surface area (Å²) in [5, 5.41) is 13.6. The van der Waals surface area contributed by atoms with E-state index in [1.54, 1.807) is 19.3 Å². The van der Waals surface area contributed by atoms with Gasteiger partial charge in [-0.05, 0) is 26.8 Å². The van der Waals surface area contributed by atoms with Crippen molar-refractivity contribution in [2.75, 3.05) is 18.0 Å². The summed E-state index contributed by atoms with van der Waals surface area (Å²) in [6.07, 6.45) is 1.69. The van der Waals surface area contributed by atoms with E-state index in [9.17, 15) is 18.0 Å². The number of nitriles is 1. The first-order chi connectivity index (χ1) is 16.6. The first-order valence-electron chi connectivity index (χ1n) is 11.3. The molecule has 1 saturated heterocycles. The number of aromatic nitrogens is 3. The Hall–Kier alpha value is -3.52. The summed E-state index contributed by atoms with van der Waals surface area (Å²) in [5.41, 5.74) is 2.26. The van der Waals surface area contributed by atoms with E-state index in [0.717, 1.165) is 6.07 Å². The van der Waals surface area contributed by atoms with Gasteiger partial charge in [0.15, 0.2) is 0 Å². The lowest BCUT2D eigenvalue weighted by atomic mass is 9.99. The van der Waals surface area contributed by atoms with Gasteiger partial charge in [0.2, 0.25) is 0 Å². The van der Waals surface area contributed by atoms with E-state index in [1.165, 1.54) is 21.4 Å². The normalized spacial score (nSPS) is 19.8. The summed E-state index contributed by atoms with van der Waals surface area (Å²) in [7, 11) is 1.67. The molecule has 3 atom stereocenters. The molecule has 8 nitrogen and oxygen atoms in total. The molecule has 1 aliphatic heterocycles. The van der Waals surface area contributed by atoms with Crippen molar-refractivity contribution in [3.63, 3.8) is 0 Å². The third kappa shape index (κ3) is 4.71. The Morgan fingerprint density at radius 1 is 1.23 bits per heavy atom. The molecule has 4 rings (SSSR count). The third-order valence-electron chi connectivity index (χ3n) is 6.65. The Bertz CT molecular complexity index is 1330. The minimum absolute atomic E-state index is 0.0362. The summed E-state index contributed by atoms with van der Waals surface area (Å²) >= 11 is 0. The van der Waals surface area contributed by atoms with Crippen LogP contribution in [0.25, 0.3) is 11.0 Å². The molecule has 3 heterocycles. The summed E-state index contributed by atoms with van der Waals surface area (Å²) in [6.45, 7) is 4.03. The second kappa shape index (κ2) is 9.62. The van der Waals surface area contributed by atoms with Crippen LogP contribution in [0.2, 0.25) is 0 Å². The van der Waals surface area contributed by atoms with Crippen LogP contribution < -0.4 is 15.2 Å². The Kier molecular flexibility index (Phi) is 6.76. The maximum Gasteiger partial charge on any atom is 0.387 e. The number of alkyl halides is 2. The van der Waals surface area contributed by atoms with Gasteiger partial charge in [-0.15, -0.1) is 0 Å². The van der Waals surface area contributed by atoms with Crippen molar-refractivity contribution in [2.24, 2.45) is 7.05 Å². The zero-order valence-electron chi connectivity index (χ0n) is 20.0. The van der Waals surface area contributed by atoms with Crippen LogP contribution >= 0.6 is 0 Å². The lowest BCUT2D eigenvalue weighted by Crippen LogP contribution is -2.57. The van der Waals surface area contributed by atoms with Crippen molar-refractivity contribution in [1.82, 2.24) is 19.2 Å². The van der Waals surface area contributed by atoms with Gasteiger partial charge < -0.3 is 14.2 Å². The standard InChI is InChI=1S/C24H27F3N6O2/c1-14-12-33(19-10-22(34)30(4)20-13-31(8-7-28)29-23(19)20)15(2)11-32(14)16(3)18-6-5-17(25)9-21(18)35-24(26)27/h5-6,9-10,13-16,24H,8,11-12H2,1-4H3/t14-,15+,16?/m1/s1. The number of nitrogens with zero attached hydrogens (tertiary/aromatic N) is 6. The Labute approximate surface area is 200 Å². The lowest BCUT2D eigenvalue weighted by Gasteiger charge is -2.47. The molecule has 2 aromatic heterocycles. The number of aryl methyl sites for hydroxylation is 1. The topological polar surface area (TPSA) is 79.3 Å². The number of hydrogen-bond acceptors (Lipinski definition) is 6. The fourth-order valence-electron chi connectivity index (χ4n) is 4.87. The van der Waals surface area contributed by atoms with Crippen LogP contribution in [0.5, 0.6) is 5.75 Å². The van der Waals surface area contributed by atoms with Crippen LogP contribution in [0.15, 0.2) is 35.3 Å². The maximum atomic E-state index is 13.7. The van der Waals surface area contributed by atoms with Crippen LogP contribution in [0.4, 0.5) is 18.9 Å². The third-order valence-corrected chi connectivity index (χ3v) is 6.65. The first-order valence-corrected chi connectivity index (χ1v) is 11.3. The van der Waals surface area contributed by atoms with Gasteiger partial charge in [-0.25, -0.2) is 4.39 Å². The first kappa shape index (κ1) is 24.6. The lowest BCUT2D eigenvalue weighted by molar-refractivity contribution is -0.0515. The van der Waals surface area contributed by atoms with Crippen LogP contribution in [0, 0.1) is 17.1 Å². The number of pyridine rings is 1. The molecule has 1 unspecified atom stereocenters. The zero-order chi connectivity index (χ0) is 25.4. The van der Waals surface area contributed by atoms with Crippen molar-refractivity contribution in [3.05, 3.63) is 52.2 Å². The molecule has 0 aliphatic carbocycles. The van der Waals surface area contributed by atoms with E-state index >= 15 is 0 Å². The van der Waals surface area contributed by atoms with Crippen LogP contribution in [-0.4, -0.2) is 51.0 Å². The number of benzene rings is 1. The number of ether oxygens (including phenoxy) is 1. The molecule has 0 bridgehead atoms. The van der Waals surface area contributed by atoms with Gasteiger partial charge in [-0.2, -0.15) is 19.1 Å². The van der Waals surface area contributed by atoms with Gasteiger partial charge in [0.05, 0.1) is 23.5 Å². The van der Waals surface area contributed by atoms with Gasteiger partial charge in [-0.3, -0.25) is 14.4 Å². The molecule has 0 radical (unpaired) electrons. The fraction of sp³-hybridized carbons (Fsp3) is 0.458. The predicted molar refractivity (Wildman–Crippen MR) is 125 cm³/mol. The highest BCUT2D eigenvalue weighted by molar-refractivity contribution is 5.88. The highest BCUT2D eigenvalue weighted by Gasteiger charge is 2.35. The Morgan fingerprint density at radius 2 is 1.97 bits per heavy atom. The smallest absolute Gasteiger partial charge is 0.387 e. The molecule has 1 aliphatic rings. The largest absolute Gasteiger partial charge is 0.434 e. The molecule has 1 fully saturated rings. The number of piperazine rings is 1. The van der Waals surface area contributed by atoms with Gasteiger partial charge in [0.1, 0.15) is 23.6 Å². The maximum absolute atomic E-state index is 13.7. The van der Waals surface area contributed by atoms with Crippen LogP contribution in [-0.2, 0) is 13.6 Å². The molecule has 3 aromatic rings. The Morgan fingerprint density at radius 3 is 2.66 bits per heavy atom. The minimum Gasteiger partial charge on any atom is -0.434 e. The molecule has 11 heteroatoms. The molecule has 35 heavy (non-hydrogen) atoms. The van der Waals surface area contributed by atoms with Crippen LogP contribution in [0.1, 0.15) is 32.4 Å². The van der Waals surface area contributed by atoms with Gasteiger partial charge >= 0.3 is 6.61 Å². The SMILES string of the molecule is CC(c1ccc(F)cc1OC(F)F)N1C[C@H](C)N(c2cc(=O)n(C)c3cn(CC#N)nc23)C[C@H]1C. The molecule has 0 spiro atoms. The quantitative estimate of drug-likeness (QED) is 0.527. The monoisotopic (exact) mass is 488 g/mol. The van der Waals surface area contributed by atoms with E-state index in [1.807, 2.05) is 20.8 Å². The average Bonchev–Trinajstić information content (AvgIpc) is 3.21. The van der Waals surface area contributed by atoms with Crippen molar-refractivity contribution in [2.45, 2.75) is 52.1 Å². The van der Waals surface area contributed by atoms with Gasteiger partial charge in [0, 0.05) is 56.0 Å². The molecule has 1 aromatic carbocycles. The van der Waals surface area contributed by atoms with Crippen molar-refractivity contribution in [1.29, 1.82) is 5.26 Å². The highest BCUT2D eigenvalue weighted by Crippen LogP contribution is 2.36. The van der Waals surface area contributed by atoms with Gasteiger partial charge in [-0.1, -0.05) is 6.07 Å². The van der Waals surface area contributed by atoms with E-state index < -0.39 is 12.4 Å². The summed E-state index contributed by atoms with van der Waals surface area (Å²) in [5.74, 6) is -0.820. The second-order valence-corrected chi connectivity index (χ2v) is 8.93. The van der Waals surface area contributed by atoms with E-state index in [4.69, 9.17) is 5.26 Å². The second-order valence-electron chi connectivity index (χ2n) is 8.93. The number of rotatable bonds is 6. The van der Waals surface area contributed by atoms with E-state index in [2.05, 4.69) is 25.7 Å². The van der Waals surface area contributed by atoms with E-state index in [-0.39, 0.29) is 36.0 Å². The summed E-state index contributed by atoms with van der Waals surface area (Å²) in [4.78, 5) is 16.9. The number of hydrogen-bond donors (Lipinski definition) is 0. The van der Waals surface area contributed by atoms with E-state index in [0.29, 0.717) is 35.4 Å². The number of fused-ring (bicyclic) bond motifs is 1. The predicted octanol–water partition coefficient (Wildman–Crippen LogP) is 3.66. The summed E-state index contributed by atoms with van der Waals surface area (Å²) < 4.78 is 47.2. The number of halogens is 3. The molecule has 0 saturated carbocycles. The zero-order valence-corrected chi connectivity index (χ0v) is 20.0. The Balaban J connectivity index is 1.65. The number of anilines is 1. The van der Waals surface area contributed by atoms with Gasteiger partial charge in [0.25, 0.3) is 5.56 Å². The molecule has 0 N–H and O–H groups in total. The molecular weight excluding hydrogens is 461 g/mol. The average molecular weight is 489 g/mol. The molecule has 186 valence electrons. The minimum atomic E-state index is -3.06. The summed E-state index contributed by atoms with van der Waals surface area (Å²) in [6, 6.07) is 6.91. The van der Waals surface area contributed by atoms with Crippen molar-refractivity contribution < 1.29 is 17.9 Å². The van der Waals surface area contributed by atoms with Crippen molar-refractivity contribution in [3.8, 4) is 11.8 Å².